The third-order valence-electron chi connectivity index (χ3n) is 5.85. The topological polar surface area (TPSA) is 101 Å². The number of benzene rings is 3. The molecular formula is C28H26F3N3O3S. The molecule has 0 aliphatic heterocycles. The van der Waals surface area contributed by atoms with Gasteiger partial charge in [0, 0.05) is 21.8 Å². The number of H-pyrrole nitrogens is 1. The largest absolute Gasteiger partial charge is 0.489 e. The number of aromatic nitrogens is 2. The molecule has 4 aromatic rings. The summed E-state index contributed by atoms with van der Waals surface area (Å²) in [4.78, 5) is 18.7. The van der Waals surface area contributed by atoms with Crippen LogP contribution in [-0.2, 0) is 23.1 Å². The summed E-state index contributed by atoms with van der Waals surface area (Å²) < 4.78 is 48.0. The van der Waals surface area contributed by atoms with E-state index in [-0.39, 0.29) is 23.3 Å². The summed E-state index contributed by atoms with van der Waals surface area (Å²) in [5.74, 6) is -0.139. The molecule has 38 heavy (non-hydrogen) atoms. The van der Waals surface area contributed by atoms with Crippen molar-refractivity contribution in [3.05, 3.63) is 95.9 Å². The first-order valence-electron chi connectivity index (χ1n) is 11.7. The number of nitrogens with one attached hydrogen (secondary N) is 1. The van der Waals surface area contributed by atoms with Gasteiger partial charge in [-0.15, -0.1) is 0 Å². The molecule has 0 fully saturated rings. The van der Waals surface area contributed by atoms with Crippen LogP contribution in [0.1, 0.15) is 36.7 Å². The highest BCUT2D eigenvalue weighted by atomic mass is 32.2. The van der Waals surface area contributed by atoms with Gasteiger partial charge in [0.15, 0.2) is 0 Å². The number of rotatable bonds is 10. The number of aromatic amines is 1. The minimum atomic E-state index is -4.59. The first-order valence-corrected chi connectivity index (χ1v) is 12.6. The van der Waals surface area contributed by atoms with Crippen LogP contribution in [0.2, 0.25) is 0 Å². The van der Waals surface area contributed by atoms with E-state index < -0.39 is 23.2 Å². The van der Waals surface area contributed by atoms with Crippen molar-refractivity contribution >= 4 is 17.7 Å². The van der Waals surface area contributed by atoms with Gasteiger partial charge in [-0.2, -0.15) is 13.2 Å². The van der Waals surface area contributed by atoms with Crippen LogP contribution in [0.15, 0.2) is 88.8 Å². The van der Waals surface area contributed by atoms with Crippen LogP contribution in [0.3, 0.4) is 0 Å². The highest BCUT2D eigenvalue weighted by molar-refractivity contribution is 7.99. The lowest BCUT2D eigenvalue weighted by molar-refractivity contribution is -0.140. The average molecular weight is 542 g/mol. The molecule has 1 atom stereocenters. The van der Waals surface area contributed by atoms with Crippen LogP contribution in [-0.4, -0.2) is 21.0 Å². The summed E-state index contributed by atoms with van der Waals surface area (Å²) in [5.41, 5.74) is 5.97. The van der Waals surface area contributed by atoms with Gasteiger partial charge in [-0.3, -0.25) is 4.79 Å². The predicted molar refractivity (Wildman–Crippen MR) is 139 cm³/mol. The Labute approximate surface area is 222 Å². The van der Waals surface area contributed by atoms with Crippen LogP contribution >= 0.6 is 11.8 Å². The van der Waals surface area contributed by atoms with E-state index in [2.05, 4.69) is 9.97 Å². The van der Waals surface area contributed by atoms with Gasteiger partial charge >= 0.3 is 12.1 Å². The molecule has 4 N–H and O–H groups in total. The summed E-state index contributed by atoms with van der Waals surface area (Å²) >= 11 is 0.998. The fourth-order valence-corrected chi connectivity index (χ4v) is 4.74. The Morgan fingerprint density at radius 1 is 1.08 bits per heavy atom. The predicted octanol–water partition coefficient (Wildman–Crippen LogP) is 6.86. The van der Waals surface area contributed by atoms with E-state index in [0.29, 0.717) is 28.8 Å². The number of carbonyl (C=O) groups is 1. The maximum atomic E-state index is 14.1. The molecule has 0 aliphatic rings. The second-order valence-corrected chi connectivity index (χ2v) is 10.1. The highest BCUT2D eigenvalue weighted by Crippen LogP contribution is 2.42. The number of hydrogen-bond acceptors (Lipinski definition) is 5. The first kappa shape index (κ1) is 27.3. The Balaban J connectivity index is 1.55. The number of ether oxygens (including phenoxy) is 1. The van der Waals surface area contributed by atoms with Crippen molar-refractivity contribution in [1.82, 2.24) is 9.97 Å². The lowest BCUT2D eigenvalue weighted by Crippen LogP contribution is -2.34. The molecule has 0 saturated heterocycles. The third kappa shape index (κ3) is 6.96. The minimum Gasteiger partial charge on any atom is -0.489 e. The fourth-order valence-electron chi connectivity index (χ4n) is 3.75. The van der Waals surface area contributed by atoms with Gasteiger partial charge in [0.25, 0.3) is 0 Å². The Morgan fingerprint density at radius 2 is 1.84 bits per heavy atom. The molecule has 198 valence electrons. The van der Waals surface area contributed by atoms with Crippen molar-refractivity contribution in [1.29, 1.82) is 0 Å². The first-order chi connectivity index (χ1) is 18.0. The molecule has 0 unspecified atom stereocenters. The van der Waals surface area contributed by atoms with Gasteiger partial charge < -0.3 is 20.6 Å². The molecule has 0 aliphatic carbocycles. The second kappa shape index (κ2) is 11.3. The van der Waals surface area contributed by atoms with Crippen molar-refractivity contribution in [2.24, 2.45) is 5.73 Å². The molecule has 10 heteroatoms. The van der Waals surface area contributed by atoms with Gasteiger partial charge in [-0.25, -0.2) is 4.98 Å². The third-order valence-corrected chi connectivity index (χ3v) is 6.92. The molecule has 3 aromatic carbocycles. The molecule has 0 spiro atoms. The van der Waals surface area contributed by atoms with Crippen molar-refractivity contribution in [3.63, 3.8) is 0 Å². The highest BCUT2D eigenvalue weighted by Gasteiger charge is 2.34. The molecule has 1 aromatic heterocycles. The van der Waals surface area contributed by atoms with Crippen LogP contribution in [0.4, 0.5) is 13.2 Å². The van der Waals surface area contributed by atoms with Crippen molar-refractivity contribution < 1.29 is 27.8 Å². The van der Waals surface area contributed by atoms with Gasteiger partial charge in [0.05, 0.1) is 23.0 Å². The van der Waals surface area contributed by atoms with E-state index in [1.807, 2.05) is 30.3 Å². The van der Waals surface area contributed by atoms with Gasteiger partial charge in [-0.1, -0.05) is 54.2 Å². The van der Waals surface area contributed by atoms with Gasteiger partial charge in [0.1, 0.15) is 18.2 Å². The standard InChI is InChI=1S/C28H26F3N3O3S/c1-27(32,13-12-25(35)36)26-33-16-23(34-26)19-10-11-24(22(14-19)28(29,30)31)38-21-9-5-8-20(15-21)37-17-18-6-3-2-4-7-18/h2-11,14-16H,12-13,17,32H2,1H3,(H,33,34)(H,35,36)/t27-/m0/s1. The zero-order valence-corrected chi connectivity index (χ0v) is 21.3. The second-order valence-electron chi connectivity index (χ2n) is 9.02. The van der Waals surface area contributed by atoms with E-state index in [9.17, 15) is 18.0 Å². The number of aliphatic carboxylic acids is 1. The lowest BCUT2D eigenvalue weighted by Gasteiger charge is -2.21. The number of hydrogen-bond donors (Lipinski definition) is 3. The summed E-state index contributed by atoms with van der Waals surface area (Å²) in [6.45, 7) is 1.97. The molecular weight excluding hydrogens is 515 g/mol. The molecule has 4 rings (SSSR count). The maximum absolute atomic E-state index is 14.1. The van der Waals surface area contributed by atoms with E-state index in [4.69, 9.17) is 15.6 Å². The number of alkyl halides is 3. The Hall–Kier alpha value is -3.76. The molecule has 0 radical (unpaired) electrons. The van der Waals surface area contributed by atoms with Gasteiger partial charge in [-0.05, 0) is 49.2 Å². The van der Waals surface area contributed by atoms with Crippen LogP contribution in [0.5, 0.6) is 5.75 Å². The van der Waals surface area contributed by atoms with E-state index in [1.54, 1.807) is 37.3 Å². The number of imidazole rings is 1. The normalized spacial score (nSPS) is 13.2. The lowest BCUT2D eigenvalue weighted by atomic mass is 9.96. The van der Waals surface area contributed by atoms with E-state index in [0.717, 1.165) is 23.4 Å². The van der Waals surface area contributed by atoms with Gasteiger partial charge in [0.2, 0.25) is 0 Å². The van der Waals surface area contributed by atoms with Crippen molar-refractivity contribution in [3.8, 4) is 17.0 Å². The molecule has 6 nitrogen and oxygen atoms in total. The van der Waals surface area contributed by atoms with Crippen LogP contribution in [0, 0.1) is 0 Å². The zero-order chi connectivity index (χ0) is 27.3. The van der Waals surface area contributed by atoms with E-state index >= 15 is 0 Å². The molecule has 1 heterocycles. The summed E-state index contributed by atoms with van der Waals surface area (Å²) in [7, 11) is 0. The maximum Gasteiger partial charge on any atom is 0.417 e. The van der Waals surface area contributed by atoms with Crippen molar-refractivity contribution in [2.75, 3.05) is 0 Å². The van der Waals surface area contributed by atoms with E-state index in [1.165, 1.54) is 12.3 Å². The quantitative estimate of drug-likeness (QED) is 0.203. The zero-order valence-electron chi connectivity index (χ0n) is 20.5. The summed E-state index contributed by atoms with van der Waals surface area (Å²) in [6.07, 6.45) is -3.23. The minimum absolute atomic E-state index is 0.0475. The number of carboxylic acids is 1. The monoisotopic (exact) mass is 541 g/mol. The Kier molecular flexibility index (Phi) is 8.13. The Bertz CT molecular complexity index is 1410. The smallest absolute Gasteiger partial charge is 0.417 e. The average Bonchev–Trinajstić information content (AvgIpc) is 3.38. The van der Waals surface area contributed by atoms with Crippen molar-refractivity contribution in [2.45, 2.75) is 47.9 Å². The number of carboxylic acid groups (broad SMARTS) is 1. The molecule has 0 amide bonds. The summed E-state index contributed by atoms with van der Waals surface area (Å²) in [6, 6.07) is 20.6. The number of halogens is 3. The summed E-state index contributed by atoms with van der Waals surface area (Å²) in [5, 5.41) is 8.93. The fraction of sp³-hybridized carbons (Fsp3) is 0.214. The molecule has 0 saturated carbocycles. The van der Waals surface area contributed by atoms with Crippen LogP contribution < -0.4 is 10.5 Å². The SMILES string of the molecule is C[C@](N)(CCC(=O)O)c1ncc(-c2ccc(Sc3cccc(OCc4ccccc4)c3)c(C(F)(F)F)c2)[nH]1. The Morgan fingerprint density at radius 3 is 2.55 bits per heavy atom. The number of nitrogens with zero attached hydrogens (tertiary/aromatic N) is 1. The number of nitrogens with two attached hydrogens (primary N) is 1. The van der Waals surface area contributed by atoms with Crippen LogP contribution in [0.25, 0.3) is 11.3 Å². The molecule has 0 bridgehead atoms.